The van der Waals surface area contributed by atoms with Gasteiger partial charge in [0.25, 0.3) is 0 Å². The van der Waals surface area contributed by atoms with E-state index in [4.69, 9.17) is 14.2 Å². The third-order valence-corrected chi connectivity index (χ3v) is 5.33. The van der Waals surface area contributed by atoms with Crippen LogP contribution in [0, 0.1) is 0 Å². The van der Waals surface area contributed by atoms with Crippen LogP contribution in [0.4, 0.5) is 0 Å². The van der Waals surface area contributed by atoms with Crippen molar-refractivity contribution in [1.82, 2.24) is 0 Å². The van der Waals surface area contributed by atoms with Crippen molar-refractivity contribution in [2.24, 2.45) is 0 Å². The van der Waals surface area contributed by atoms with Gasteiger partial charge in [-0.25, -0.2) is 0 Å². The molecule has 2 aromatic carbocycles. The van der Waals surface area contributed by atoms with Crippen molar-refractivity contribution in [3.8, 4) is 23.0 Å². The number of Topliss-reactive ketones (excluding diaryl/α,β-unsaturated/α-hetero) is 1. The fourth-order valence-corrected chi connectivity index (χ4v) is 3.67. The van der Waals surface area contributed by atoms with Crippen LogP contribution in [-0.2, 0) is 4.74 Å². The maximum Gasteiger partial charge on any atom is 0.229 e. The van der Waals surface area contributed by atoms with Gasteiger partial charge < -0.3 is 44.8 Å². The molecule has 0 aliphatic carbocycles. The van der Waals surface area contributed by atoms with Crippen molar-refractivity contribution in [3.05, 3.63) is 47.5 Å². The third-order valence-electron chi connectivity index (χ3n) is 5.33. The number of aromatic hydroxyl groups is 2. The summed E-state index contributed by atoms with van der Waals surface area (Å²) >= 11 is 0. The first kappa shape index (κ1) is 21.3. The van der Waals surface area contributed by atoms with E-state index in [1.165, 1.54) is 18.2 Å². The number of ketones is 1. The zero-order valence-corrected chi connectivity index (χ0v) is 16.2. The third kappa shape index (κ3) is 4.03. The van der Waals surface area contributed by atoms with Crippen molar-refractivity contribution in [2.45, 2.75) is 43.2 Å². The van der Waals surface area contributed by atoms with Gasteiger partial charge in [0.1, 0.15) is 59.1 Å². The van der Waals surface area contributed by atoms with Crippen LogP contribution in [0.1, 0.15) is 28.4 Å². The molecule has 0 bridgehead atoms. The number of carbonyl (C=O) groups is 1. The van der Waals surface area contributed by atoms with E-state index in [1.807, 2.05) is 0 Å². The normalized spacial score (nSPS) is 30.4. The van der Waals surface area contributed by atoms with Crippen LogP contribution >= 0.6 is 0 Å². The first-order valence-electron chi connectivity index (χ1n) is 9.61. The maximum absolute atomic E-state index is 12.9. The Hall–Kier alpha value is -2.89. The molecule has 6 atom stereocenters. The molecule has 1 fully saturated rings. The number of aliphatic hydroxyl groups excluding tert-OH is 4. The van der Waals surface area contributed by atoms with E-state index in [0.717, 1.165) is 6.07 Å². The largest absolute Gasteiger partial charge is 0.508 e. The molecule has 31 heavy (non-hydrogen) atoms. The van der Waals surface area contributed by atoms with Gasteiger partial charge in [0, 0.05) is 12.1 Å². The molecular weight excluding hydrogens is 412 g/mol. The number of ether oxygens (including phenoxy) is 3. The number of aliphatic hydroxyl groups is 4. The Balaban J connectivity index is 1.63. The maximum atomic E-state index is 12.9. The van der Waals surface area contributed by atoms with Gasteiger partial charge in [-0.3, -0.25) is 4.79 Å². The summed E-state index contributed by atoms with van der Waals surface area (Å²) in [5.41, 5.74) is 0.668. The highest BCUT2D eigenvalue weighted by molar-refractivity contribution is 6.02. The number of rotatable bonds is 4. The molecule has 2 heterocycles. The van der Waals surface area contributed by atoms with Gasteiger partial charge in [0.15, 0.2) is 5.78 Å². The molecule has 1 saturated heterocycles. The first-order valence-corrected chi connectivity index (χ1v) is 9.61. The van der Waals surface area contributed by atoms with Crippen LogP contribution in [0.3, 0.4) is 0 Å². The molecule has 6 N–H and O–H groups in total. The van der Waals surface area contributed by atoms with Crippen molar-refractivity contribution in [3.63, 3.8) is 0 Å². The summed E-state index contributed by atoms with van der Waals surface area (Å²) in [6.45, 7) is -0.640. The van der Waals surface area contributed by atoms with Gasteiger partial charge in [0.05, 0.1) is 13.0 Å². The average Bonchev–Trinajstić information content (AvgIpc) is 2.74. The standard InChI is InChI=1S/C21H22O10/c22-8-16-18(26)19(27)20(28)21(31-16)30-15-6-11(24)5-14-17(15)12(25)7-13(29-14)9-1-3-10(23)4-2-9/h1-6,13,16,18-24,26-28H,7-8H2/t13-,16+,18+,19-,20+,21-/m0/s1. The molecule has 4 rings (SSSR count). The minimum absolute atomic E-state index is 0.0183. The van der Waals surface area contributed by atoms with Gasteiger partial charge in [-0.05, 0) is 17.7 Å². The second-order valence-corrected chi connectivity index (χ2v) is 7.46. The summed E-state index contributed by atoms with van der Waals surface area (Å²) < 4.78 is 16.8. The topological polar surface area (TPSA) is 166 Å². The van der Waals surface area contributed by atoms with E-state index < -0.39 is 43.4 Å². The first-order chi connectivity index (χ1) is 14.8. The fourth-order valence-electron chi connectivity index (χ4n) is 3.67. The molecule has 0 aromatic heterocycles. The summed E-state index contributed by atoms with van der Waals surface area (Å²) in [7, 11) is 0. The number of phenolic OH excluding ortho intramolecular Hbond substituents is 2. The Morgan fingerprint density at radius 3 is 2.35 bits per heavy atom. The molecule has 2 aliphatic rings. The lowest BCUT2D eigenvalue weighted by molar-refractivity contribution is -0.277. The lowest BCUT2D eigenvalue weighted by atomic mass is 9.95. The molecular formula is C21H22O10. The monoisotopic (exact) mass is 434 g/mol. The van der Waals surface area contributed by atoms with E-state index >= 15 is 0 Å². The van der Waals surface area contributed by atoms with E-state index in [1.54, 1.807) is 12.1 Å². The number of phenols is 2. The highest BCUT2D eigenvalue weighted by Crippen LogP contribution is 2.43. The van der Waals surface area contributed by atoms with Gasteiger partial charge in [-0.15, -0.1) is 0 Å². The summed E-state index contributed by atoms with van der Waals surface area (Å²) in [6, 6.07) is 8.56. The molecule has 0 amide bonds. The van der Waals surface area contributed by atoms with Crippen LogP contribution in [0.2, 0.25) is 0 Å². The van der Waals surface area contributed by atoms with Gasteiger partial charge in [0.2, 0.25) is 6.29 Å². The van der Waals surface area contributed by atoms with Crippen molar-refractivity contribution < 1.29 is 49.6 Å². The SMILES string of the molecule is O=C1C[C@@H](c2ccc(O)cc2)Oc2cc(O)cc(O[C@H]3O[C@H](CO)[C@@H](O)[C@H](O)[C@H]3O)c21. The summed E-state index contributed by atoms with van der Waals surface area (Å²) in [5.74, 6) is -0.669. The van der Waals surface area contributed by atoms with E-state index in [9.17, 15) is 35.4 Å². The molecule has 166 valence electrons. The number of benzene rings is 2. The molecule has 0 unspecified atom stereocenters. The molecule has 0 spiro atoms. The van der Waals surface area contributed by atoms with Gasteiger partial charge in [-0.1, -0.05) is 12.1 Å². The van der Waals surface area contributed by atoms with Crippen molar-refractivity contribution in [1.29, 1.82) is 0 Å². The smallest absolute Gasteiger partial charge is 0.229 e. The Labute approximate surface area is 176 Å². The number of carbonyl (C=O) groups excluding carboxylic acids is 1. The molecule has 2 aromatic rings. The zero-order valence-electron chi connectivity index (χ0n) is 16.2. The van der Waals surface area contributed by atoms with E-state index in [0.29, 0.717) is 5.56 Å². The number of fused-ring (bicyclic) bond motifs is 1. The highest BCUT2D eigenvalue weighted by atomic mass is 16.7. The lowest BCUT2D eigenvalue weighted by Gasteiger charge is -2.40. The van der Waals surface area contributed by atoms with Gasteiger partial charge >= 0.3 is 0 Å². The summed E-state index contributed by atoms with van der Waals surface area (Å²) in [5, 5.41) is 58.9. The van der Waals surface area contributed by atoms with Crippen LogP contribution < -0.4 is 9.47 Å². The molecule has 0 saturated carbocycles. The predicted molar refractivity (Wildman–Crippen MR) is 103 cm³/mol. The number of hydrogen-bond donors (Lipinski definition) is 6. The predicted octanol–water partition coefficient (Wildman–Crippen LogP) is -0.0170. The quantitative estimate of drug-likeness (QED) is 0.385. The Morgan fingerprint density at radius 1 is 0.968 bits per heavy atom. The van der Waals surface area contributed by atoms with Crippen molar-refractivity contribution in [2.75, 3.05) is 6.61 Å². The number of hydrogen-bond acceptors (Lipinski definition) is 10. The minimum Gasteiger partial charge on any atom is -0.508 e. The van der Waals surface area contributed by atoms with E-state index in [-0.39, 0.29) is 40.8 Å². The second-order valence-electron chi connectivity index (χ2n) is 7.46. The summed E-state index contributed by atoms with van der Waals surface area (Å²) in [4.78, 5) is 12.9. The van der Waals surface area contributed by atoms with E-state index in [2.05, 4.69) is 0 Å². The second kappa shape index (κ2) is 8.33. The van der Waals surface area contributed by atoms with Crippen LogP contribution in [0.5, 0.6) is 23.0 Å². The molecule has 2 aliphatic heterocycles. The lowest BCUT2D eigenvalue weighted by Crippen LogP contribution is -2.60. The van der Waals surface area contributed by atoms with Crippen LogP contribution in [0.25, 0.3) is 0 Å². The summed E-state index contributed by atoms with van der Waals surface area (Å²) in [6.07, 6.45) is -8.31. The Kier molecular flexibility index (Phi) is 5.73. The minimum atomic E-state index is -1.68. The molecule has 0 radical (unpaired) electrons. The van der Waals surface area contributed by atoms with Crippen LogP contribution in [-0.4, -0.2) is 73.7 Å². The molecule has 10 nitrogen and oxygen atoms in total. The van der Waals surface area contributed by atoms with Crippen LogP contribution in [0.15, 0.2) is 36.4 Å². The fraction of sp³-hybridized carbons (Fsp3) is 0.381. The Morgan fingerprint density at radius 2 is 1.68 bits per heavy atom. The molecule has 10 heteroatoms. The zero-order chi connectivity index (χ0) is 22.3. The Bertz CT molecular complexity index is 957. The van der Waals surface area contributed by atoms with Gasteiger partial charge in [-0.2, -0.15) is 0 Å². The highest BCUT2D eigenvalue weighted by Gasteiger charge is 2.45. The average molecular weight is 434 g/mol. The van der Waals surface area contributed by atoms with Crippen molar-refractivity contribution >= 4 is 5.78 Å².